The molecule has 1 aliphatic rings. The molecule has 35 heavy (non-hydrogen) atoms. The first kappa shape index (κ1) is 25.4. The van der Waals surface area contributed by atoms with Crippen LogP contribution >= 0.6 is 0 Å². The zero-order chi connectivity index (χ0) is 24.8. The van der Waals surface area contributed by atoms with Crippen molar-refractivity contribution in [1.82, 2.24) is 9.80 Å². The smallest absolute Gasteiger partial charge is 0.123 e. The van der Waals surface area contributed by atoms with Crippen LogP contribution in [-0.4, -0.2) is 60.3 Å². The van der Waals surface area contributed by atoms with Gasteiger partial charge in [0.1, 0.15) is 18.5 Å². The van der Waals surface area contributed by atoms with Crippen molar-refractivity contribution in [1.29, 1.82) is 0 Å². The molecule has 3 aromatic rings. The van der Waals surface area contributed by atoms with Crippen molar-refractivity contribution in [2.75, 3.05) is 39.3 Å². The summed E-state index contributed by atoms with van der Waals surface area (Å²) in [5, 5.41) is 10.8. The summed E-state index contributed by atoms with van der Waals surface area (Å²) in [7, 11) is 0. The maximum absolute atomic E-state index is 10.8. The third kappa shape index (κ3) is 6.72. The molecule has 0 bridgehead atoms. The number of rotatable bonds is 8. The van der Waals surface area contributed by atoms with E-state index in [1.54, 1.807) is 0 Å². The Balaban J connectivity index is 1.34. The van der Waals surface area contributed by atoms with E-state index in [1.807, 2.05) is 6.07 Å². The Morgan fingerprint density at radius 2 is 1.40 bits per heavy atom. The summed E-state index contributed by atoms with van der Waals surface area (Å²) in [4.78, 5) is 4.92. The lowest BCUT2D eigenvalue weighted by atomic mass is 9.85. The lowest BCUT2D eigenvalue weighted by Gasteiger charge is -2.40. The third-order valence-corrected chi connectivity index (χ3v) is 6.85. The van der Waals surface area contributed by atoms with Crippen LogP contribution in [0.15, 0.2) is 78.9 Å². The van der Waals surface area contributed by atoms with E-state index in [0.29, 0.717) is 13.2 Å². The van der Waals surface area contributed by atoms with Crippen LogP contribution in [0.25, 0.3) is 0 Å². The van der Waals surface area contributed by atoms with Crippen molar-refractivity contribution in [3.8, 4) is 5.75 Å². The van der Waals surface area contributed by atoms with Crippen molar-refractivity contribution < 1.29 is 9.84 Å². The minimum absolute atomic E-state index is 0.00329. The highest BCUT2D eigenvalue weighted by molar-refractivity contribution is 5.41. The molecule has 0 saturated carbocycles. The second kappa shape index (κ2) is 11.4. The molecule has 3 aromatic carbocycles. The van der Waals surface area contributed by atoms with Crippen molar-refractivity contribution in [2.24, 2.45) is 0 Å². The number of aryl methyl sites for hydroxylation is 1. The molecule has 1 fully saturated rings. The number of piperazine rings is 1. The molecule has 4 heteroatoms. The fraction of sp³-hybridized carbons (Fsp3) is 0.419. The van der Waals surface area contributed by atoms with Crippen LogP contribution in [0.5, 0.6) is 5.75 Å². The fourth-order valence-electron chi connectivity index (χ4n) is 4.98. The third-order valence-electron chi connectivity index (χ3n) is 6.85. The Kier molecular flexibility index (Phi) is 8.27. The number of hydrogen-bond acceptors (Lipinski definition) is 4. The normalized spacial score (nSPS) is 16.4. The van der Waals surface area contributed by atoms with Crippen molar-refractivity contribution >= 4 is 0 Å². The summed E-state index contributed by atoms with van der Waals surface area (Å²) >= 11 is 0. The van der Waals surface area contributed by atoms with E-state index in [-0.39, 0.29) is 11.5 Å². The second-order valence-corrected chi connectivity index (χ2v) is 10.8. The van der Waals surface area contributed by atoms with Crippen molar-refractivity contribution in [3.05, 3.63) is 101 Å². The Bertz CT molecular complexity index is 1010. The van der Waals surface area contributed by atoms with E-state index in [4.69, 9.17) is 4.74 Å². The molecule has 1 heterocycles. The lowest BCUT2D eigenvalue weighted by Crippen LogP contribution is -2.50. The summed E-state index contributed by atoms with van der Waals surface area (Å²) in [6.45, 7) is 13.4. The molecular formula is C31H40N2O2. The average molecular weight is 473 g/mol. The fourth-order valence-corrected chi connectivity index (χ4v) is 4.98. The molecule has 1 aliphatic heterocycles. The Morgan fingerprint density at radius 3 is 1.94 bits per heavy atom. The van der Waals surface area contributed by atoms with Crippen LogP contribution in [0.1, 0.15) is 49.1 Å². The topological polar surface area (TPSA) is 35.9 Å². The Hall–Kier alpha value is -2.66. The zero-order valence-corrected chi connectivity index (χ0v) is 21.7. The largest absolute Gasteiger partial charge is 0.491 e. The number of aliphatic hydroxyl groups is 1. The molecule has 0 unspecified atom stereocenters. The number of β-amino-alcohol motifs (C(OH)–C–C–N with tert-alkyl or cyclic N) is 1. The van der Waals surface area contributed by atoms with E-state index in [1.165, 1.54) is 22.3 Å². The molecule has 1 N–H and O–H groups in total. The van der Waals surface area contributed by atoms with Gasteiger partial charge in [0.25, 0.3) is 0 Å². The summed E-state index contributed by atoms with van der Waals surface area (Å²) < 4.78 is 6.11. The lowest BCUT2D eigenvalue weighted by molar-refractivity contribution is 0.0397. The van der Waals surface area contributed by atoms with Crippen LogP contribution in [0, 0.1) is 6.92 Å². The van der Waals surface area contributed by atoms with Gasteiger partial charge in [-0.1, -0.05) is 99.1 Å². The maximum atomic E-state index is 10.8. The van der Waals surface area contributed by atoms with Crippen molar-refractivity contribution in [2.45, 2.75) is 45.3 Å². The van der Waals surface area contributed by atoms with Gasteiger partial charge in [-0.25, -0.2) is 0 Å². The van der Waals surface area contributed by atoms with E-state index in [0.717, 1.165) is 31.9 Å². The van der Waals surface area contributed by atoms with Gasteiger partial charge in [-0.2, -0.15) is 0 Å². The number of ether oxygens (including phenoxy) is 1. The van der Waals surface area contributed by atoms with Crippen LogP contribution in [0.3, 0.4) is 0 Å². The van der Waals surface area contributed by atoms with Crippen LogP contribution in [0.2, 0.25) is 0 Å². The molecule has 186 valence electrons. The van der Waals surface area contributed by atoms with Gasteiger partial charge in [-0.15, -0.1) is 0 Å². The summed E-state index contributed by atoms with van der Waals surface area (Å²) in [5.74, 6) is 0.875. The highest BCUT2D eigenvalue weighted by Gasteiger charge is 2.27. The predicted molar refractivity (Wildman–Crippen MR) is 144 cm³/mol. The molecule has 0 aromatic heterocycles. The van der Waals surface area contributed by atoms with Gasteiger partial charge in [0.2, 0.25) is 0 Å². The standard InChI is InChI=1S/C31H40N2O2/c1-24-15-16-29(28(21-24)31(2,3)4)35-23-27(34)22-32-17-19-33(20-18-32)30(25-11-7-5-8-12-25)26-13-9-6-10-14-26/h5-16,21,27,30,34H,17-20,22-23H2,1-4H3/t27-/m0/s1. The van der Waals surface area contributed by atoms with Crippen LogP contribution in [0.4, 0.5) is 0 Å². The highest BCUT2D eigenvalue weighted by atomic mass is 16.5. The van der Waals surface area contributed by atoms with Gasteiger partial charge in [0, 0.05) is 32.7 Å². The quantitative estimate of drug-likeness (QED) is 0.474. The number of aliphatic hydroxyl groups excluding tert-OH is 1. The van der Waals surface area contributed by atoms with Crippen LogP contribution in [-0.2, 0) is 5.41 Å². The molecule has 4 nitrogen and oxygen atoms in total. The van der Waals surface area contributed by atoms with Gasteiger partial charge in [0.15, 0.2) is 0 Å². The Labute approximate surface area is 211 Å². The number of hydrogen-bond donors (Lipinski definition) is 1. The summed E-state index contributed by atoms with van der Waals surface area (Å²) in [6.07, 6.45) is -0.519. The predicted octanol–water partition coefficient (Wildman–Crippen LogP) is 5.44. The van der Waals surface area contributed by atoms with E-state index < -0.39 is 6.10 Å². The first-order valence-electron chi connectivity index (χ1n) is 12.8. The van der Waals surface area contributed by atoms with Gasteiger partial charge in [-0.3, -0.25) is 9.80 Å². The van der Waals surface area contributed by atoms with Gasteiger partial charge in [-0.05, 0) is 35.1 Å². The minimum Gasteiger partial charge on any atom is -0.491 e. The molecule has 0 aliphatic carbocycles. The second-order valence-electron chi connectivity index (χ2n) is 10.8. The molecule has 0 radical (unpaired) electrons. The van der Waals surface area contributed by atoms with E-state index in [2.05, 4.69) is 110 Å². The van der Waals surface area contributed by atoms with E-state index in [9.17, 15) is 5.11 Å². The molecule has 1 saturated heterocycles. The average Bonchev–Trinajstić information content (AvgIpc) is 2.85. The van der Waals surface area contributed by atoms with Crippen molar-refractivity contribution in [3.63, 3.8) is 0 Å². The monoisotopic (exact) mass is 472 g/mol. The van der Waals surface area contributed by atoms with Gasteiger partial charge >= 0.3 is 0 Å². The Morgan fingerprint density at radius 1 is 0.829 bits per heavy atom. The van der Waals surface area contributed by atoms with E-state index >= 15 is 0 Å². The van der Waals surface area contributed by atoms with Gasteiger partial charge in [0.05, 0.1) is 6.04 Å². The first-order chi connectivity index (χ1) is 16.8. The zero-order valence-electron chi connectivity index (χ0n) is 21.7. The molecule has 0 spiro atoms. The molecule has 0 amide bonds. The summed E-state index contributed by atoms with van der Waals surface area (Å²) in [5.41, 5.74) is 5.06. The molecular weight excluding hydrogens is 432 g/mol. The number of benzene rings is 3. The molecule has 4 rings (SSSR count). The number of nitrogens with zero attached hydrogens (tertiary/aromatic N) is 2. The highest BCUT2D eigenvalue weighted by Crippen LogP contribution is 2.32. The maximum Gasteiger partial charge on any atom is 0.123 e. The molecule has 1 atom stereocenters. The van der Waals surface area contributed by atoms with Crippen LogP contribution < -0.4 is 4.74 Å². The van der Waals surface area contributed by atoms with Gasteiger partial charge < -0.3 is 9.84 Å². The minimum atomic E-state index is -0.519. The first-order valence-corrected chi connectivity index (χ1v) is 12.8. The SMILES string of the molecule is Cc1ccc(OC[C@@H](O)CN2CCN(C(c3ccccc3)c3ccccc3)CC2)c(C(C)(C)C)c1. The summed E-state index contributed by atoms with van der Waals surface area (Å²) in [6, 6.07) is 28.1.